The third-order valence-corrected chi connectivity index (χ3v) is 7.07. The van der Waals surface area contributed by atoms with Gasteiger partial charge in [-0.05, 0) is 37.3 Å². The van der Waals surface area contributed by atoms with Gasteiger partial charge in [-0.25, -0.2) is 9.18 Å². The van der Waals surface area contributed by atoms with Crippen LogP contribution < -0.4 is 16.1 Å². The molecule has 0 radical (unpaired) electrons. The summed E-state index contributed by atoms with van der Waals surface area (Å²) < 4.78 is 19.0. The third-order valence-electron chi connectivity index (χ3n) is 7.07. The SMILES string of the molecule is Cc1cccc(F)c1Cn1c(N2CCCC(C(=O)N(C)CC(C)C)C2)nc2c1c(=O)n(C)c(=O)n2C. The quantitative estimate of drug-likeness (QED) is 0.521. The summed E-state index contributed by atoms with van der Waals surface area (Å²) in [5, 5.41) is 0. The van der Waals surface area contributed by atoms with Crippen LogP contribution in [0, 0.1) is 24.6 Å². The van der Waals surface area contributed by atoms with Gasteiger partial charge in [0.15, 0.2) is 11.2 Å². The van der Waals surface area contributed by atoms with Crippen LogP contribution in [0.15, 0.2) is 27.8 Å². The van der Waals surface area contributed by atoms with Crippen LogP contribution in [0.2, 0.25) is 0 Å². The molecular weight excluding hydrogens is 463 g/mol. The van der Waals surface area contributed by atoms with Crippen molar-refractivity contribution in [3.8, 4) is 0 Å². The molecule has 9 nitrogen and oxygen atoms in total. The van der Waals surface area contributed by atoms with Crippen LogP contribution in [0.5, 0.6) is 0 Å². The lowest BCUT2D eigenvalue weighted by Crippen LogP contribution is -2.45. The Hall–Kier alpha value is -3.43. The molecule has 1 aliphatic rings. The van der Waals surface area contributed by atoms with E-state index < -0.39 is 11.2 Å². The zero-order valence-corrected chi connectivity index (χ0v) is 21.9. The summed E-state index contributed by atoms with van der Waals surface area (Å²) in [6.45, 7) is 7.83. The number of halogens is 1. The highest BCUT2D eigenvalue weighted by Gasteiger charge is 2.32. The molecule has 1 amide bonds. The van der Waals surface area contributed by atoms with Crippen molar-refractivity contribution in [2.45, 2.75) is 40.2 Å². The first-order valence-electron chi connectivity index (χ1n) is 12.4. The van der Waals surface area contributed by atoms with E-state index in [-0.39, 0.29) is 35.4 Å². The largest absolute Gasteiger partial charge is 0.345 e. The van der Waals surface area contributed by atoms with Gasteiger partial charge >= 0.3 is 5.69 Å². The fourth-order valence-electron chi connectivity index (χ4n) is 5.16. The first-order chi connectivity index (χ1) is 17.0. The summed E-state index contributed by atoms with van der Waals surface area (Å²) >= 11 is 0. The predicted molar refractivity (Wildman–Crippen MR) is 138 cm³/mol. The highest BCUT2D eigenvalue weighted by molar-refractivity contribution is 5.80. The molecule has 36 heavy (non-hydrogen) atoms. The number of benzene rings is 1. The number of amides is 1. The molecule has 0 saturated carbocycles. The van der Waals surface area contributed by atoms with Crippen LogP contribution in [0.1, 0.15) is 37.8 Å². The number of carbonyl (C=O) groups excluding carboxylic acids is 1. The number of carbonyl (C=O) groups is 1. The number of fused-ring (bicyclic) bond motifs is 1. The number of rotatable bonds is 6. The van der Waals surface area contributed by atoms with Crippen LogP contribution in [-0.4, -0.2) is 56.2 Å². The summed E-state index contributed by atoms with van der Waals surface area (Å²) in [5.41, 5.74) is 0.733. The van der Waals surface area contributed by atoms with Crippen molar-refractivity contribution in [2.24, 2.45) is 25.9 Å². The number of hydrogen-bond donors (Lipinski definition) is 0. The van der Waals surface area contributed by atoms with Gasteiger partial charge in [-0.2, -0.15) is 4.98 Å². The summed E-state index contributed by atoms with van der Waals surface area (Å²) in [5.74, 6) is 0.340. The molecular formula is C26H35FN6O3. The van der Waals surface area contributed by atoms with E-state index in [9.17, 15) is 18.8 Å². The molecule has 3 aromatic rings. The van der Waals surface area contributed by atoms with E-state index in [1.807, 2.05) is 24.9 Å². The van der Waals surface area contributed by atoms with Crippen molar-refractivity contribution in [3.63, 3.8) is 0 Å². The maximum absolute atomic E-state index is 14.9. The molecule has 0 bridgehead atoms. The van der Waals surface area contributed by atoms with E-state index in [1.165, 1.54) is 17.7 Å². The summed E-state index contributed by atoms with van der Waals surface area (Å²) in [4.78, 5) is 47.6. The van der Waals surface area contributed by atoms with Crippen LogP contribution in [0.25, 0.3) is 11.2 Å². The van der Waals surface area contributed by atoms with Crippen molar-refractivity contribution >= 4 is 23.0 Å². The van der Waals surface area contributed by atoms with E-state index in [4.69, 9.17) is 4.98 Å². The Kier molecular flexibility index (Phi) is 7.06. The van der Waals surface area contributed by atoms with Crippen molar-refractivity contribution in [3.05, 3.63) is 56.0 Å². The normalized spacial score (nSPS) is 16.2. The lowest BCUT2D eigenvalue weighted by atomic mass is 9.96. The van der Waals surface area contributed by atoms with Crippen molar-refractivity contribution in [2.75, 3.05) is 31.6 Å². The Morgan fingerprint density at radius 2 is 1.94 bits per heavy atom. The Balaban J connectivity index is 1.83. The highest BCUT2D eigenvalue weighted by atomic mass is 19.1. The van der Waals surface area contributed by atoms with E-state index in [1.54, 1.807) is 22.6 Å². The topological polar surface area (TPSA) is 85.4 Å². The molecule has 1 aliphatic heterocycles. The van der Waals surface area contributed by atoms with Gasteiger partial charge in [-0.3, -0.25) is 23.3 Å². The Labute approximate surface area is 209 Å². The van der Waals surface area contributed by atoms with Crippen molar-refractivity contribution < 1.29 is 9.18 Å². The average Bonchev–Trinajstić information content (AvgIpc) is 3.22. The van der Waals surface area contributed by atoms with E-state index >= 15 is 0 Å². The fourth-order valence-corrected chi connectivity index (χ4v) is 5.16. The van der Waals surface area contributed by atoms with Crippen LogP contribution in [0.4, 0.5) is 10.3 Å². The first-order valence-corrected chi connectivity index (χ1v) is 12.4. The van der Waals surface area contributed by atoms with Gasteiger partial charge < -0.3 is 9.80 Å². The van der Waals surface area contributed by atoms with Gasteiger partial charge in [0.2, 0.25) is 11.9 Å². The molecule has 4 rings (SSSR count). The second kappa shape index (κ2) is 9.91. The minimum Gasteiger partial charge on any atom is -0.345 e. The number of hydrogen-bond acceptors (Lipinski definition) is 5. The maximum atomic E-state index is 14.9. The minimum atomic E-state index is -0.484. The van der Waals surface area contributed by atoms with E-state index in [0.29, 0.717) is 37.1 Å². The standard InChI is InChI=1S/C26H35FN6O3/c1-16(2)13-29(4)23(34)18-10-8-12-32(14-18)25-28-22-21(24(35)31(6)26(36)30(22)5)33(25)15-19-17(3)9-7-11-20(19)27/h7,9,11,16,18H,8,10,12-15H2,1-6H3. The molecule has 3 heterocycles. The van der Waals surface area contributed by atoms with Gasteiger partial charge in [-0.15, -0.1) is 0 Å². The number of piperidine rings is 1. The molecule has 10 heteroatoms. The summed E-state index contributed by atoms with van der Waals surface area (Å²) in [6.07, 6.45) is 1.55. The van der Waals surface area contributed by atoms with Crippen LogP contribution in [0.3, 0.4) is 0 Å². The van der Waals surface area contributed by atoms with Crippen molar-refractivity contribution in [1.82, 2.24) is 23.6 Å². The van der Waals surface area contributed by atoms with E-state index in [2.05, 4.69) is 13.8 Å². The Morgan fingerprint density at radius 3 is 2.61 bits per heavy atom. The van der Waals surface area contributed by atoms with Crippen molar-refractivity contribution in [1.29, 1.82) is 0 Å². The number of imidazole rings is 1. The molecule has 2 aromatic heterocycles. The monoisotopic (exact) mass is 498 g/mol. The molecule has 0 N–H and O–H groups in total. The van der Waals surface area contributed by atoms with Gasteiger partial charge in [-0.1, -0.05) is 26.0 Å². The lowest BCUT2D eigenvalue weighted by molar-refractivity contribution is -0.134. The fraction of sp³-hybridized carbons (Fsp3) is 0.538. The second-order valence-corrected chi connectivity index (χ2v) is 10.3. The van der Waals surface area contributed by atoms with Gasteiger partial charge in [0.1, 0.15) is 5.82 Å². The predicted octanol–water partition coefficient (Wildman–Crippen LogP) is 2.26. The smallest absolute Gasteiger partial charge is 0.332 e. The van der Waals surface area contributed by atoms with Crippen LogP contribution in [-0.2, 0) is 25.4 Å². The van der Waals surface area contributed by atoms with Gasteiger partial charge in [0.25, 0.3) is 5.56 Å². The zero-order valence-electron chi connectivity index (χ0n) is 21.9. The maximum Gasteiger partial charge on any atom is 0.332 e. The summed E-state index contributed by atoms with van der Waals surface area (Å²) in [6, 6.07) is 4.87. The second-order valence-electron chi connectivity index (χ2n) is 10.3. The Bertz CT molecular complexity index is 1400. The molecule has 194 valence electrons. The van der Waals surface area contributed by atoms with Crippen LogP contribution >= 0.6 is 0 Å². The number of aryl methyl sites for hydroxylation is 2. The molecule has 1 aromatic carbocycles. The number of anilines is 1. The van der Waals surface area contributed by atoms with Gasteiger partial charge in [0, 0.05) is 46.3 Å². The summed E-state index contributed by atoms with van der Waals surface area (Å²) in [7, 11) is 4.83. The minimum absolute atomic E-state index is 0.0835. The molecule has 0 aliphatic carbocycles. The molecule has 1 fully saturated rings. The third kappa shape index (κ3) is 4.56. The van der Waals surface area contributed by atoms with E-state index in [0.717, 1.165) is 23.0 Å². The molecule has 1 unspecified atom stereocenters. The highest BCUT2D eigenvalue weighted by Crippen LogP contribution is 2.28. The zero-order chi connectivity index (χ0) is 26.3. The van der Waals surface area contributed by atoms with Gasteiger partial charge in [0.05, 0.1) is 12.5 Å². The number of nitrogens with zero attached hydrogens (tertiary/aromatic N) is 6. The molecule has 1 atom stereocenters. The molecule has 0 spiro atoms. The number of aromatic nitrogens is 4. The first kappa shape index (κ1) is 25.7. The Morgan fingerprint density at radius 1 is 1.22 bits per heavy atom. The lowest BCUT2D eigenvalue weighted by Gasteiger charge is -2.35. The average molecular weight is 499 g/mol. The molecule has 1 saturated heterocycles.